The topological polar surface area (TPSA) is 4.36 Å². The van der Waals surface area contributed by atoms with Gasteiger partial charge in [0.15, 0.2) is 5.69 Å². The number of para-hydroxylation sites is 1. The first kappa shape index (κ1) is 7.56. The molecule has 0 saturated heterocycles. The molecule has 0 aliphatic carbocycles. The van der Waals surface area contributed by atoms with Gasteiger partial charge < -0.3 is 0 Å². The highest BCUT2D eigenvalue weighted by atomic mass is 14.6. The van der Waals surface area contributed by atoms with Gasteiger partial charge in [0.1, 0.15) is 0 Å². The van der Waals surface area contributed by atoms with Crippen LogP contribution in [0.5, 0.6) is 0 Å². The summed E-state index contributed by atoms with van der Waals surface area (Å²) in [7, 11) is 0. The Morgan fingerprint density at radius 3 is 2.82 bits per heavy atom. The Hall–Kier alpha value is -1.55. The predicted molar refractivity (Wildman–Crippen MR) is 46.6 cm³/mol. The van der Waals surface area contributed by atoms with E-state index in [1.165, 1.54) is 0 Å². The van der Waals surface area contributed by atoms with E-state index in [1.807, 2.05) is 30.3 Å². The summed E-state index contributed by atoms with van der Waals surface area (Å²) in [6.45, 7) is 10.5. The van der Waals surface area contributed by atoms with Crippen molar-refractivity contribution in [3.63, 3.8) is 0 Å². The van der Waals surface area contributed by atoms with Crippen molar-refractivity contribution in [2.24, 2.45) is 0 Å². The minimum absolute atomic E-state index is 0.729. The molecule has 54 valence electrons. The molecule has 0 aromatic heterocycles. The highest BCUT2D eigenvalue weighted by molar-refractivity contribution is 5.52. The first-order valence-electron chi connectivity index (χ1n) is 3.44. The minimum Gasteiger partial charge on any atom is -0.238 e. The molecule has 1 aromatic rings. The van der Waals surface area contributed by atoms with Crippen LogP contribution < -0.4 is 0 Å². The molecule has 1 heteroatoms. The monoisotopic (exact) mass is 143 g/mol. The normalized spacial score (nSPS) is 8.64. The maximum absolute atomic E-state index is 6.85. The van der Waals surface area contributed by atoms with E-state index in [-0.39, 0.29) is 0 Å². The number of allylic oxidation sites excluding steroid dienone is 1. The molecule has 0 fully saturated rings. The molecule has 0 heterocycles. The number of hydrogen-bond donors (Lipinski definition) is 0. The fourth-order valence-corrected chi connectivity index (χ4v) is 0.948. The Labute approximate surface area is 66.8 Å². The third-order valence-electron chi connectivity index (χ3n) is 1.48. The van der Waals surface area contributed by atoms with Crippen LogP contribution in [0.3, 0.4) is 0 Å². The maximum Gasteiger partial charge on any atom is 0.190 e. The largest absolute Gasteiger partial charge is 0.238 e. The van der Waals surface area contributed by atoms with Crippen molar-refractivity contribution in [3.05, 3.63) is 53.9 Å². The summed E-state index contributed by atoms with van der Waals surface area (Å²) >= 11 is 0. The number of benzene rings is 1. The third-order valence-corrected chi connectivity index (χ3v) is 1.48. The Bertz CT molecular complexity index is 294. The summed E-state index contributed by atoms with van der Waals surface area (Å²) in [6, 6.07) is 7.59. The molecule has 0 saturated carbocycles. The first-order valence-corrected chi connectivity index (χ1v) is 3.44. The second-order valence-corrected chi connectivity index (χ2v) is 2.23. The molecular formula is C10H9N. The molecule has 0 N–H and O–H groups in total. The van der Waals surface area contributed by atoms with E-state index in [9.17, 15) is 0 Å². The number of hydrogen-bond acceptors (Lipinski definition) is 0. The van der Waals surface area contributed by atoms with E-state index in [2.05, 4.69) is 11.4 Å². The fourth-order valence-electron chi connectivity index (χ4n) is 0.948. The molecule has 0 unspecified atom stereocenters. The van der Waals surface area contributed by atoms with Gasteiger partial charge in [-0.05, 0) is 12.0 Å². The van der Waals surface area contributed by atoms with E-state index in [0.29, 0.717) is 0 Å². The Balaban J connectivity index is 3.04. The quantitative estimate of drug-likeness (QED) is 0.443. The molecule has 0 aliphatic rings. The van der Waals surface area contributed by atoms with Crippen LogP contribution in [-0.2, 0) is 6.42 Å². The highest BCUT2D eigenvalue weighted by Gasteiger charge is 1.96. The standard InChI is InChI=1S/C10H9N/c1-3-6-9-7-4-5-8-10(9)11-2/h3-5,7-8H,1,6H2. The zero-order valence-corrected chi connectivity index (χ0v) is 6.25. The van der Waals surface area contributed by atoms with Crippen LogP contribution in [0.2, 0.25) is 0 Å². The van der Waals surface area contributed by atoms with E-state index in [4.69, 9.17) is 6.57 Å². The minimum atomic E-state index is 0.729. The second kappa shape index (κ2) is 3.58. The SMILES string of the molecule is [C-]#[N+]c1ccccc1CC=C. The Morgan fingerprint density at radius 2 is 2.18 bits per heavy atom. The van der Waals surface area contributed by atoms with Gasteiger partial charge in [-0.1, -0.05) is 30.3 Å². The average Bonchev–Trinajstić information content (AvgIpc) is 2.06. The predicted octanol–water partition coefficient (Wildman–Crippen LogP) is 2.97. The summed E-state index contributed by atoms with van der Waals surface area (Å²) in [5.74, 6) is 0. The molecule has 1 nitrogen and oxygen atoms in total. The number of nitrogens with zero attached hydrogens (tertiary/aromatic N) is 1. The maximum atomic E-state index is 6.85. The van der Waals surface area contributed by atoms with Crippen LogP contribution >= 0.6 is 0 Å². The summed E-state index contributed by atoms with van der Waals surface area (Å²) in [5, 5.41) is 0. The van der Waals surface area contributed by atoms with E-state index < -0.39 is 0 Å². The lowest BCUT2D eigenvalue weighted by Crippen LogP contribution is -1.78. The third kappa shape index (κ3) is 1.68. The van der Waals surface area contributed by atoms with Crippen molar-refractivity contribution in [3.8, 4) is 0 Å². The highest BCUT2D eigenvalue weighted by Crippen LogP contribution is 2.18. The van der Waals surface area contributed by atoms with Crippen LogP contribution in [0.25, 0.3) is 4.85 Å². The van der Waals surface area contributed by atoms with Gasteiger partial charge in [-0.25, -0.2) is 4.85 Å². The van der Waals surface area contributed by atoms with E-state index >= 15 is 0 Å². The summed E-state index contributed by atoms with van der Waals surface area (Å²) in [5.41, 5.74) is 1.78. The van der Waals surface area contributed by atoms with Crippen LogP contribution in [0, 0.1) is 6.57 Å². The lowest BCUT2D eigenvalue weighted by molar-refractivity contribution is 1.29. The van der Waals surface area contributed by atoms with Crippen LogP contribution in [0.4, 0.5) is 5.69 Å². The van der Waals surface area contributed by atoms with Gasteiger partial charge in [-0.15, -0.1) is 6.58 Å². The van der Waals surface area contributed by atoms with Gasteiger partial charge in [-0.2, -0.15) is 0 Å². The summed E-state index contributed by atoms with van der Waals surface area (Å²) < 4.78 is 0. The molecule has 1 aromatic carbocycles. The zero-order valence-electron chi connectivity index (χ0n) is 6.25. The van der Waals surface area contributed by atoms with Gasteiger partial charge in [0.2, 0.25) is 0 Å². The van der Waals surface area contributed by atoms with Crippen molar-refractivity contribution < 1.29 is 0 Å². The molecule has 0 radical (unpaired) electrons. The Morgan fingerprint density at radius 1 is 1.45 bits per heavy atom. The second-order valence-electron chi connectivity index (χ2n) is 2.23. The van der Waals surface area contributed by atoms with Gasteiger partial charge in [-0.3, -0.25) is 0 Å². The van der Waals surface area contributed by atoms with Crippen molar-refractivity contribution in [2.45, 2.75) is 6.42 Å². The fraction of sp³-hybridized carbons (Fsp3) is 0.100. The number of rotatable bonds is 2. The summed E-state index contributed by atoms with van der Waals surface area (Å²) in [4.78, 5) is 3.39. The van der Waals surface area contributed by atoms with Crippen LogP contribution in [0.1, 0.15) is 5.56 Å². The molecule has 0 amide bonds. The lowest BCUT2D eigenvalue weighted by Gasteiger charge is -1.97. The zero-order chi connectivity index (χ0) is 8.10. The molecule has 0 bridgehead atoms. The van der Waals surface area contributed by atoms with Crippen molar-refractivity contribution >= 4 is 5.69 Å². The molecule has 1 rings (SSSR count). The van der Waals surface area contributed by atoms with Crippen molar-refractivity contribution in [1.29, 1.82) is 0 Å². The molecule has 0 aliphatic heterocycles. The van der Waals surface area contributed by atoms with Gasteiger partial charge in [0, 0.05) is 0 Å². The van der Waals surface area contributed by atoms with E-state index in [0.717, 1.165) is 17.7 Å². The lowest BCUT2D eigenvalue weighted by atomic mass is 10.1. The van der Waals surface area contributed by atoms with Crippen molar-refractivity contribution in [1.82, 2.24) is 0 Å². The van der Waals surface area contributed by atoms with Gasteiger partial charge in [0.25, 0.3) is 0 Å². The molecule has 0 spiro atoms. The Kier molecular flexibility index (Phi) is 2.46. The smallest absolute Gasteiger partial charge is 0.190 e. The van der Waals surface area contributed by atoms with Gasteiger partial charge in [0.05, 0.1) is 6.57 Å². The van der Waals surface area contributed by atoms with E-state index in [1.54, 1.807) is 0 Å². The molecule has 11 heavy (non-hydrogen) atoms. The van der Waals surface area contributed by atoms with Crippen LogP contribution in [-0.4, -0.2) is 0 Å². The average molecular weight is 143 g/mol. The van der Waals surface area contributed by atoms with Gasteiger partial charge >= 0.3 is 0 Å². The van der Waals surface area contributed by atoms with Crippen LogP contribution in [0.15, 0.2) is 36.9 Å². The molecule has 0 atom stereocenters. The summed E-state index contributed by atoms with van der Waals surface area (Å²) in [6.07, 6.45) is 2.59. The first-order chi connectivity index (χ1) is 5.38. The van der Waals surface area contributed by atoms with Crippen molar-refractivity contribution in [2.75, 3.05) is 0 Å². The molecular weight excluding hydrogens is 134 g/mol.